The number of nitriles is 1. The fourth-order valence-electron chi connectivity index (χ4n) is 3.72. The molecule has 32 heavy (non-hydrogen) atoms. The van der Waals surface area contributed by atoms with Gasteiger partial charge in [-0.2, -0.15) is 5.26 Å². The molecule has 1 amide bonds. The zero-order valence-corrected chi connectivity index (χ0v) is 20.0. The first kappa shape index (κ1) is 25.4. The molecule has 0 fully saturated rings. The second-order valence-corrected chi connectivity index (χ2v) is 8.24. The monoisotopic (exact) mass is 455 g/mol. The zero-order valence-electron chi connectivity index (χ0n) is 19.3. The van der Waals surface area contributed by atoms with Crippen LogP contribution < -0.4 is 5.32 Å². The summed E-state index contributed by atoms with van der Waals surface area (Å²) in [6.07, 6.45) is 8.40. The highest BCUT2D eigenvalue weighted by atomic mass is 35.5. The van der Waals surface area contributed by atoms with Crippen LogP contribution in [0.5, 0.6) is 0 Å². The molecular formula is C26H31ClFN3O. The molecule has 6 heteroatoms. The van der Waals surface area contributed by atoms with E-state index in [1.165, 1.54) is 12.1 Å². The van der Waals surface area contributed by atoms with Gasteiger partial charge in [0.15, 0.2) is 0 Å². The normalized spacial score (nSPS) is 13.2. The number of allylic oxidation sites excluding steroid dienone is 3. The van der Waals surface area contributed by atoms with Gasteiger partial charge in [-0.3, -0.25) is 4.57 Å². The maximum atomic E-state index is 14.4. The predicted molar refractivity (Wildman–Crippen MR) is 130 cm³/mol. The third-order valence-electron chi connectivity index (χ3n) is 5.62. The number of carbonyl (C=O) groups excluding carboxylic acids is 1. The van der Waals surface area contributed by atoms with Gasteiger partial charge in [-0.15, -0.1) is 0 Å². The first-order valence-corrected chi connectivity index (χ1v) is 11.4. The summed E-state index contributed by atoms with van der Waals surface area (Å²) in [5, 5.41) is 13.6. The Balaban J connectivity index is 2.50. The van der Waals surface area contributed by atoms with Gasteiger partial charge in [-0.05, 0) is 54.5 Å². The molecule has 2 aromatic rings. The Hall–Kier alpha value is -2.84. The van der Waals surface area contributed by atoms with Crippen LogP contribution in [0.3, 0.4) is 0 Å². The van der Waals surface area contributed by atoms with E-state index in [4.69, 9.17) is 11.6 Å². The topological polar surface area (TPSA) is 57.8 Å². The number of carbonyl (C=O) groups is 1. The molecule has 0 spiro atoms. The molecule has 1 N–H and O–H groups in total. The second kappa shape index (κ2) is 11.7. The highest BCUT2D eigenvalue weighted by molar-refractivity contribution is 6.30. The molecule has 0 aliphatic carbocycles. The highest BCUT2D eigenvalue weighted by Gasteiger charge is 2.22. The van der Waals surface area contributed by atoms with Gasteiger partial charge in [0.2, 0.25) is 0 Å². The van der Waals surface area contributed by atoms with Crippen LogP contribution in [-0.4, -0.2) is 17.1 Å². The van der Waals surface area contributed by atoms with Gasteiger partial charge in [0, 0.05) is 22.7 Å². The quantitative estimate of drug-likeness (QED) is 0.413. The van der Waals surface area contributed by atoms with Crippen LogP contribution in [0.2, 0.25) is 0 Å². The standard InChI is InChI=1S/C26H31ClFN3O/c1-6-10-18(12-22(27)17(5)8-3)16-30-26(32)31-24(11-7-2)20(9-4)21-14-23(28)19(15-29)13-25(21)31/h6,10,12-14,17H,1,7-9,11,16H2,2-5H3,(H,30,32)/b18-10+,22-12+. The number of aromatic nitrogens is 1. The van der Waals surface area contributed by atoms with Crippen molar-refractivity contribution in [1.29, 1.82) is 5.26 Å². The molecule has 170 valence electrons. The second-order valence-electron chi connectivity index (χ2n) is 7.80. The van der Waals surface area contributed by atoms with Crippen molar-refractivity contribution in [1.82, 2.24) is 9.88 Å². The van der Waals surface area contributed by atoms with Gasteiger partial charge in [0.25, 0.3) is 0 Å². The van der Waals surface area contributed by atoms with Gasteiger partial charge in [-0.1, -0.05) is 64.4 Å². The van der Waals surface area contributed by atoms with E-state index in [1.54, 1.807) is 10.6 Å². The minimum atomic E-state index is -0.573. The average Bonchev–Trinajstić information content (AvgIpc) is 3.08. The molecule has 0 bridgehead atoms. The van der Waals surface area contributed by atoms with Crippen LogP contribution in [0.25, 0.3) is 10.9 Å². The lowest BCUT2D eigenvalue weighted by atomic mass is 10.0. The molecule has 1 aromatic heterocycles. The number of aryl methyl sites for hydroxylation is 1. The summed E-state index contributed by atoms with van der Waals surface area (Å²) < 4.78 is 15.9. The number of benzene rings is 1. The van der Waals surface area contributed by atoms with Crippen molar-refractivity contribution >= 4 is 28.5 Å². The Bertz CT molecular complexity index is 1100. The van der Waals surface area contributed by atoms with Crippen LogP contribution in [0.1, 0.15) is 57.4 Å². The van der Waals surface area contributed by atoms with Crippen molar-refractivity contribution in [3.05, 3.63) is 70.2 Å². The van der Waals surface area contributed by atoms with E-state index in [2.05, 4.69) is 18.8 Å². The lowest BCUT2D eigenvalue weighted by molar-refractivity contribution is 0.243. The van der Waals surface area contributed by atoms with Crippen molar-refractivity contribution in [2.24, 2.45) is 5.92 Å². The SMILES string of the molecule is C=C/C=C(\C=C(\Cl)C(C)CC)CNC(=O)n1c(CCC)c(CC)c2cc(F)c(C#N)cc21. The zero-order chi connectivity index (χ0) is 23.8. The maximum absolute atomic E-state index is 14.4. The largest absolute Gasteiger partial charge is 0.333 e. The third kappa shape index (κ3) is 5.49. The number of amides is 1. The fourth-order valence-corrected chi connectivity index (χ4v) is 4.01. The van der Waals surface area contributed by atoms with E-state index in [0.717, 1.165) is 34.7 Å². The smallest absolute Gasteiger partial charge is 0.326 e. The van der Waals surface area contributed by atoms with Crippen molar-refractivity contribution in [2.75, 3.05) is 6.54 Å². The summed E-state index contributed by atoms with van der Waals surface area (Å²) in [6.45, 7) is 12.1. The molecule has 2 rings (SSSR count). The van der Waals surface area contributed by atoms with E-state index in [1.807, 2.05) is 39.0 Å². The van der Waals surface area contributed by atoms with Crippen LogP contribution >= 0.6 is 11.6 Å². The minimum Gasteiger partial charge on any atom is -0.333 e. The van der Waals surface area contributed by atoms with Gasteiger partial charge < -0.3 is 5.32 Å². The summed E-state index contributed by atoms with van der Waals surface area (Å²) in [4.78, 5) is 13.3. The predicted octanol–water partition coefficient (Wildman–Crippen LogP) is 7.01. The van der Waals surface area contributed by atoms with E-state index in [0.29, 0.717) is 23.7 Å². The van der Waals surface area contributed by atoms with E-state index < -0.39 is 5.82 Å². The third-order valence-corrected chi connectivity index (χ3v) is 6.10. The molecular weight excluding hydrogens is 425 g/mol. The maximum Gasteiger partial charge on any atom is 0.326 e. The van der Waals surface area contributed by atoms with Crippen molar-refractivity contribution in [3.63, 3.8) is 0 Å². The number of nitrogens with zero attached hydrogens (tertiary/aromatic N) is 2. The van der Waals surface area contributed by atoms with Gasteiger partial charge in [-0.25, -0.2) is 9.18 Å². The molecule has 0 saturated heterocycles. The average molecular weight is 456 g/mol. The van der Waals surface area contributed by atoms with Crippen LogP contribution in [0.4, 0.5) is 9.18 Å². The summed E-state index contributed by atoms with van der Waals surface area (Å²) >= 11 is 6.41. The molecule has 0 radical (unpaired) electrons. The summed E-state index contributed by atoms with van der Waals surface area (Å²) in [7, 11) is 0. The molecule has 0 aliphatic heterocycles. The van der Waals surface area contributed by atoms with E-state index in [-0.39, 0.29) is 24.1 Å². The van der Waals surface area contributed by atoms with Gasteiger partial charge in [0.1, 0.15) is 11.9 Å². The molecule has 1 heterocycles. The molecule has 1 aromatic carbocycles. The first-order valence-electron chi connectivity index (χ1n) is 11.0. The summed E-state index contributed by atoms with van der Waals surface area (Å²) in [5.74, 6) is -0.354. The van der Waals surface area contributed by atoms with Gasteiger partial charge >= 0.3 is 6.03 Å². The molecule has 1 unspecified atom stereocenters. The van der Waals surface area contributed by atoms with Gasteiger partial charge in [0.05, 0.1) is 11.1 Å². The number of fused-ring (bicyclic) bond motifs is 1. The number of hydrogen-bond donors (Lipinski definition) is 1. The van der Waals surface area contributed by atoms with Crippen LogP contribution in [-0.2, 0) is 12.8 Å². The fraction of sp³-hybridized carbons (Fsp3) is 0.385. The van der Waals surface area contributed by atoms with Crippen molar-refractivity contribution in [3.8, 4) is 6.07 Å². The molecule has 1 atom stereocenters. The molecule has 0 aliphatic rings. The Morgan fingerprint density at radius 2 is 2.09 bits per heavy atom. The van der Waals surface area contributed by atoms with Crippen molar-refractivity contribution < 1.29 is 9.18 Å². The summed E-state index contributed by atoms with van der Waals surface area (Å²) in [5.41, 5.74) is 3.07. The first-order chi connectivity index (χ1) is 15.3. The Labute approximate surface area is 195 Å². The number of nitrogens with one attached hydrogen (secondary N) is 1. The van der Waals surface area contributed by atoms with Crippen molar-refractivity contribution in [2.45, 2.75) is 53.4 Å². The summed E-state index contributed by atoms with van der Waals surface area (Å²) in [6, 6.07) is 4.38. The highest BCUT2D eigenvalue weighted by Crippen LogP contribution is 2.30. The van der Waals surface area contributed by atoms with Crippen LogP contribution in [0.15, 0.2) is 47.5 Å². The van der Waals surface area contributed by atoms with Crippen LogP contribution in [0, 0.1) is 23.1 Å². The Morgan fingerprint density at radius 3 is 2.66 bits per heavy atom. The molecule has 4 nitrogen and oxygen atoms in total. The minimum absolute atomic E-state index is 0.0785. The number of hydrogen-bond acceptors (Lipinski definition) is 2. The lowest BCUT2D eigenvalue weighted by Crippen LogP contribution is -2.31. The molecule has 0 saturated carbocycles. The lowest BCUT2D eigenvalue weighted by Gasteiger charge is -2.13. The Kier molecular flexibility index (Phi) is 9.28. The Morgan fingerprint density at radius 1 is 1.38 bits per heavy atom. The number of rotatable bonds is 9. The number of halogens is 2. The van der Waals surface area contributed by atoms with E-state index in [9.17, 15) is 14.4 Å². The van der Waals surface area contributed by atoms with E-state index >= 15 is 0 Å².